The number of anilines is 2. The van der Waals surface area contributed by atoms with Gasteiger partial charge in [0.15, 0.2) is 11.6 Å². The summed E-state index contributed by atoms with van der Waals surface area (Å²) in [7, 11) is 2.48. The molecule has 2 N–H and O–H groups in total. The number of rotatable bonds is 6. The summed E-state index contributed by atoms with van der Waals surface area (Å²) in [5.41, 5.74) is 0. The van der Waals surface area contributed by atoms with Gasteiger partial charge < -0.3 is 15.4 Å². The molecule has 0 fully saturated rings. The van der Waals surface area contributed by atoms with E-state index in [2.05, 4.69) is 20.6 Å². The summed E-state index contributed by atoms with van der Waals surface area (Å²) in [4.78, 5) is 8.17. The van der Waals surface area contributed by atoms with Crippen LogP contribution in [0.3, 0.4) is 0 Å². The van der Waals surface area contributed by atoms with Gasteiger partial charge >= 0.3 is 0 Å². The van der Waals surface area contributed by atoms with Gasteiger partial charge in [-0.2, -0.15) is 0 Å². The summed E-state index contributed by atoms with van der Waals surface area (Å²) in [6, 6.07) is 0.0503. The molecule has 0 radical (unpaired) electrons. The van der Waals surface area contributed by atoms with Crippen LogP contribution in [0.4, 0.5) is 11.6 Å². The number of hydrogen-bond donors (Lipinski definition) is 2. The quantitative estimate of drug-likeness (QED) is 0.782. The lowest BCUT2D eigenvalue weighted by molar-refractivity contribution is 0.414. The van der Waals surface area contributed by atoms with Crippen LogP contribution in [0.2, 0.25) is 0 Å². The molecule has 2 unspecified atom stereocenters. The third-order valence-corrected chi connectivity index (χ3v) is 3.08. The summed E-state index contributed by atoms with van der Waals surface area (Å²) in [6.07, 6.45) is 3.13. The van der Waals surface area contributed by atoms with E-state index in [1.54, 1.807) is 20.4 Å². The fourth-order valence-electron chi connectivity index (χ4n) is 1.48. The molecule has 1 aromatic heterocycles. The molecule has 0 aliphatic rings. The maximum Gasteiger partial charge on any atom is 0.204 e. The topological polar surface area (TPSA) is 76.1 Å². The molecule has 1 aromatic rings. The number of methoxy groups -OCH3 is 1. The van der Waals surface area contributed by atoms with Crippen LogP contribution in [0.5, 0.6) is 5.75 Å². The molecule has 0 bridgehead atoms. The smallest absolute Gasteiger partial charge is 0.204 e. The minimum Gasteiger partial charge on any atom is -0.490 e. The molecule has 0 spiro atoms. The Labute approximate surface area is 104 Å². The maximum atomic E-state index is 11.1. The highest BCUT2D eigenvalue weighted by molar-refractivity contribution is 7.84. The van der Waals surface area contributed by atoms with E-state index in [4.69, 9.17) is 4.74 Å². The van der Waals surface area contributed by atoms with Crippen molar-refractivity contribution in [2.24, 2.45) is 0 Å². The van der Waals surface area contributed by atoms with Gasteiger partial charge in [-0.3, -0.25) is 4.21 Å². The number of nitrogens with zero attached hydrogens (tertiary/aromatic N) is 2. The predicted molar refractivity (Wildman–Crippen MR) is 70.1 cm³/mol. The molecule has 7 heteroatoms. The molecular formula is C10H18N4O2S. The molecule has 17 heavy (non-hydrogen) atoms. The van der Waals surface area contributed by atoms with Gasteiger partial charge in [-0.05, 0) is 6.92 Å². The molecule has 1 heterocycles. The lowest BCUT2D eigenvalue weighted by Gasteiger charge is -2.16. The molecule has 0 saturated heterocycles. The monoisotopic (exact) mass is 258 g/mol. The van der Waals surface area contributed by atoms with E-state index >= 15 is 0 Å². The van der Waals surface area contributed by atoms with Crippen molar-refractivity contribution in [3.63, 3.8) is 0 Å². The minimum absolute atomic E-state index is 0.0503. The van der Waals surface area contributed by atoms with E-state index in [-0.39, 0.29) is 6.04 Å². The second-order valence-electron chi connectivity index (χ2n) is 3.64. The highest BCUT2D eigenvalue weighted by atomic mass is 32.2. The van der Waals surface area contributed by atoms with Crippen LogP contribution in [0.25, 0.3) is 0 Å². The zero-order valence-electron chi connectivity index (χ0n) is 10.5. The minimum atomic E-state index is -0.847. The number of aromatic nitrogens is 2. The van der Waals surface area contributed by atoms with E-state index in [0.717, 1.165) is 0 Å². The van der Waals surface area contributed by atoms with Crippen molar-refractivity contribution in [1.29, 1.82) is 0 Å². The van der Waals surface area contributed by atoms with Crippen molar-refractivity contribution in [3.8, 4) is 5.75 Å². The normalized spacial score (nSPS) is 13.9. The molecule has 1 rings (SSSR count). The van der Waals surface area contributed by atoms with Crippen LogP contribution < -0.4 is 15.4 Å². The number of hydrogen-bond acceptors (Lipinski definition) is 6. The Hall–Kier alpha value is -1.37. The summed E-state index contributed by atoms with van der Waals surface area (Å²) >= 11 is 0. The van der Waals surface area contributed by atoms with Crippen LogP contribution in [-0.2, 0) is 10.8 Å². The Morgan fingerprint density at radius 3 is 2.65 bits per heavy atom. The number of ether oxygens (including phenoxy) is 1. The average molecular weight is 258 g/mol. The molecule has 2 atom stereocenters. The third kappa shape index (κ3) is 3.85. The zero-order valence-corrected chi connectivity index (χ0v) is 11.3. The summed E-state index contributed by atoms with van der Waals surface area (Å²) in [5.74, 6) is 2.34. The van der Waals surface area contributed by atoms with Crippen LogP contribution in [0.15, 0.2) is 6.33 Å². The lowest BCUT2D eigenvalue weighted by Crippen LogP contribution is -2.23. The molecule has 96 valence electrons. The molecule has 0 aliphatic heterocycles. The summed E-state index contributed by atoms with van der Waals surface area (Å²) in [5, 5.41) is 6.08. The van der Waals surface area contributed by atoms with Crippen LogP contribution in [0, 0.1) is 0 Å². The first kappa shape index (κ1) is 13.7. The first-order valence-corrected chi connectivity index (χ1v) is 6.94. The van der Waals surface area contributed by atoms with Gasteiger partial charge in [-0.25, -0.2) is 9.97 Å². The predicted octanol–water partition coefficient (Wildman–Crippen LogP) is 0.706. The fraction of sp³-hybridized carbons (Fsp3) is 0.600. The van der Waals surface area contributed by atoms with Gasteiger partial charge in [-0.15, -0.1) is 0 Å². The Kier molecular flexibility index (Phi) is 5.14. The van der Waals surface area contributed by atoms with Crippen LogP contribution in [-0.4, -0.2) is 46.4 Å². The zero-order chi connectivity index (χ0) is 12.8. The first-order valence-electron chi connectivity index (χ1n) is 5.21. The van der Waals surface area contributed by atoms with Gasteiger partial charge in [0.1, 0.15) is 6.33 Å². The van der Waals surface area contributed by atoms with Crippen molar-refractivity contribution in [2.75, 3.05) is 36.8 Å². The van der Waals surface area contributed by atoms with E-state index in [9.17, 15) is 4.21 Å². The van der Waals surface area contributed by atoms with Crippen molar-refractivity contribution >= 4 is 22.4 Å². The van der Waals surface area contributed by atoms with Gasteiger partial charge in [-0.1, -0.05) is 0 Å². The highest BCUT2D eigenvalue weighted by Crippen LogP contribution is 2.28. The lowest BCUT2D eigenvalue weighted by atomic mass is 10.3. The van der Waals surface area contributed by atoms with Crippen molar-refractivity contribution in [3.05, 3.63) is 6.33 Å². The van der Waals surface area contributed by atoms with Crippen molar-refractivity contribution in [1.82, 2.24) is 9.97 Å². The van der Waals surface area contributed by atoms with Crippen LogP contribution >= 0.6 is 0 Å². The Morgan fingerprint density at radius 2 is 2.12 bits per heavy atom. The molecule has 0 amide bonds. The van der Waals surface area contributed by atoms with Crippen LogP contribution in [0.1, 0.15) is 6.92 Å². The van der Waals surface area contributed by atoms with E-state index in [0.29, 0.717) is 23.1 Å². The highest BCUT2D eigenvalue weighted by Gasteiger charge is 2.13. The molecule has 0 saturated carbocycles. The Bertz CT molecular complexity index is 400. The summed E-state index contributed by atoms with van der Waals surface area (Å²) in [6.45, 7) is 1.95. The fourth-order valence-corrected chi connectivity index (χ4v) is 2.26. The maximum absolute atomic E-state index is 11.1. The second kappa shape index (κ2) is 6.39. The average Bonchev–Trinajstić information content (AvgIpc) is 2.27. The Balaban J connectivity index is 2.86. The van der Waals surface area contributed by atoms with E-state index in [1.165, 1.54) is 6.33 Å². The second-order valence-corrected chi connectivity index (χ2v) is 5.12. The molecule has 0 aromatic carbocycles. The van der Waals surface area contributed by atoms with Gasteiger partial charge in [0.05, 0.1) is 7.11 Å². The number of nitrogens with one attached hydrogen (secondary N) is 2. The summed E-state index contributed by atoms with van der Waals surface area (Å²) < 4.78 is 16.4. The largest absolute Gasteiger partial charge is 0.490 e. The molecule has 6 nitrogen and oxygen atoms in total. The third-order valence-electron chi connectivity index (χ3n) is 2.11. The van der Waals surface area contributed by atoms with Crippen molar-refractivity contribution in [2.45, 2.75) is 13.0 Å². The van der Waals surface area contributed by atoms with E-state index in [1.807, 2.05) is 6.92 Å². The van der Waals surface area contributed by atoms with Gasteiger partial charge in [0.25, 0.3) is 0 Å². The van der Waals surface area contributed by atoms with Gasteiger partial charge in [0.2, 0.25) is 5.75 Å². The molecular weight excluding hydrogens is 240 g/mol. The standard InChI is InChI=1S/C10H18N4O2S/c1-7(5-17(4)15)14-10-8(16-3)9(11-2)12-6-13-10/h6-7H,5H2,1-4H3,(H2,11,12,13,14). The molecule has 0 aliphatic carbocycles. The van der Waals surface area contributed by atoms with Gasteiger partial charge in [0, 0.05) is 35.9 Å². The Morgan fingerprint density at radius 1 is 1.47 bits per heavy atom. The first-order chi connectivity index (χ1) is 8.08. The van der Waals surface area contributed by atoms with E-state index < -0.39 is 10.8 Å². The SMILES string of the molecule is CNc1ncnc(NC(C)CS(C)=O)c1OC. The van der Waals surface area contributed by atoms with Crippen molar-refractivity contribution < 1.29 is 8.95 Å².